The van der Waals surface area contributed by atoms with Gasteiger partial charge in [-0.05, 0) is 26.0 Å². The number of nitrogens with zero attached hydrogens (tertiary/aromatic N) is 1. The number of halogens is 3. The smallest absolute Gasteiger partial charge is 0.266 e. The van der Waals surface area contributed by atoms with Crippen LogP contribution in [-0.2, 0) is 5.60 Å². The van der Waals surface area contributed by atoms with E-state index in [4.69, 9.17) is 4.74 Å². The second-order valence-electron chi connectivity index (χ2n) is 7.93. The zero-order valence-electron chi connectivity index (χ0n) is 17.5. The van der Waals surface area contributed by atoms with Crippen molar-refractivity contribution in [3.8, 4) is 5.75 Å². The normalized spacial score (nSPS) is 16.3. The van der Waals surface area contributed by atoms with Crippen LogP contribution in [0.3, 0.4) is 0 Å². The standard InChI is InChI=1S/C23H24F3N3O2/c1-12-7-18(29-13(2)14-5-4-6-15(21(14)24)22(25)26)16-8-17(23(30)10-27-11-23)20(31-3)9-19(16)28-12/h4-9,13,22,27,30H,10-11H2,1-3H3,(H,28,29)/t13-/m1/s1. The van der Waals surface area contributed by atoms with Gasteiger partial charge in [-0.15, -0.1) is 0 Å². The third-order valence-corrected chi connectivity index (χ3v) is 5.73. The zero-order chi connectivity index (χ0) is 22.3. The van der Waals surface area contributed by atoms with E-state index in [1.165, 1.54) is 19.2 Å². The van der Waals surface area contributed by atoms with E-state index in [0.29, 0.717) is 35.6 Å². The quantitative estimate of drug-likeness (QED) is 0.533. The number of ether oxygens (including phenoxy) is 1. The van der Waals surface area contributed by atoms with Crippen LogP contribution >= 0.6 is 0 Å². The number of aromatic nitrogens is 1. The van der Waals surface area contributed by atoms with E-state index in [2.05, 4.69) is 15.6 Å². The predicted octanol–water partition coefficient (Wildman–Crippen LogP) is 4.59. The molecule has 2 heterocycles. The van der Waals surface area contributed by atoms with E-state index in [-0.39, 0.29) is 5.56 Å². The molecule has 5 nitrogen and oxygen atoms in total. The van der Waals surface area contributed by atoms with Crippen molar-refractivity contribution in [3.05, 3.63) is 64.6 Å². The van der Waals surface area contributed by atoms with E-state index in [0.717, 1.165) is 17.1 Å². The fourth-order valence-electron chi connectivity index (χ4n) is 3.97. The highest BCUT2D eigenvalue weighted by Gasteiger charge is 2.39. The number of hydrogen-bond donors (Lipinski definition) is 3. The van der Waals surface area contributed by atoms with Gasteiger partial charge in [-0.25, -0.2) is 13.2 Å². The molecule has 0 spiro atoms. The van der Waals surface area contributed by atoms with Crippen molar-refractivity contribution in [1.29, 1.82) is 0 Å². The number of benzene rings is 2. The van der Waals surface area contributed by atoms with Gasteiger partial charge in [0.2, 0.25) is 0 Å². The van der Waals surface area contributed by atoms with Gasteiger partial charge in [-0.1, -0.05) is 18.2 Å². The fourth-order valence-corrected chi connectivity index (χ4v) is 3.97. The van der Waals surface area contributed by atoms with E-state index in [1.807, 2.05) is 19.1 Å². The minimum absolute atomic E-state index is 0.149. The van der Waals surface area contributed by atoms with Gasteiger partial charge in [0, 0.05) is 47.1 Å². The summed E-state index contributed by atoms with van der Waals surface area (Å²) >= 11 is 0. The number of rotatable bonds is 6. The van der Waals surface area contributed by atoms with Gasteiger partial charge in [0.15, 0.2) is 0 Å². The number of alkyl halides is 2. The first kappa shape index (κ1) is 21.4. The molecule has 1 aliphatic heterocycles. The summed E-state index contributed by atoms with van der Waals surface area (Å²) in [6.45, 7) is 4.35. The van der Waals surface area contributed by atoms with Crippen LogP contribution in [-0.4, -0.2) is 30.3 Å². The van der Waals surface area contributed by atoms with Gasteiger partial charge in [0.1, 0.15) is 17.2 Å². The lowest BCUT2D eigenvalue weighted by Gasteiger charge is -2.39. The van der Waals surface area contributed by atoms with Crippen molar-refractivity contribution in [2.24, 2.45) is 0 Å². The molecule has 3 N–H and O–H groups in total. The molecule has 0 aliphatic carbocycles. The molecule has 3 aromatic rings. The summed E-state index contributed by atoms with van der Waals surface area (Å²) in [6.07, 6.45) is -2.89. The molecule has 0 radical (unpaired) electrons. The molecule has 31 heavy (non-hydrogen) atoms. The Morgan fingerprint density at radius 1 is 1.19 bits per heavy atom. The highest BCUT2D eigenvalue weighted by Crippen LogP contribution is 2.39. The summed E-state index contributed by atoms with van der Waals surface area (Å²) in [6, 6.07) is 8.83. The van der Waals surface area contributed by atoms with Gasteiger partial charge in [0.05, 0.1) is 24.2 Å². The molecule has 0 saturated carbocycles. The highest BCUT2D eigenvalue weighted by molar-refractivity contribution is 5.93. The molecule has 1 fully saturated rings. The van der Waals surface area contributed by atoms with Crippen LogP contribution < -0.4 is 15.4 Å². The lowest BCUT2D eigenvalue weighted by molar-refractivity contribution is -0.0163. The van der Waals surface area contributed by atoms with Crippen molar-refractivity contribution >= 4 is 16.6 Å². The number of aliphatic hydroxyl groups is 1. The fraction of sp³-hybridized carbons (Fsp3) is 0.348. The summed E-state index contributed by atoms with van der Waals surface area (Å²) in [5, 5.41) is 17.9. The Labute approximate surface area is 178 Å². The summed E-state index contributed by atoms with van der Waals surface area (Å²) in [5.74, 6) is -0.380. The average Bonchev–Trinajstić information content (AvgIpc) is 2.70. The lowest BCUT2D eigenvalue weighted by Crippen LogP contribution is -2.56. The number of fused-ring (bicyclic) bond motifs is 1. The van der Waals surface area contributed by atoms with E-state index >= 15 is 0 Å². The van der Waals surface area contributed by atoms with Crippen LogP contribution in [0.2, 0.25) is 0 Å². The monoisotopic (exact) mass is 431 g/mol. The summed E-state index contributed by atoms with van der Waals surface area (Å²) in [5.41, 5.74) is 1.15. The van der Waals surface area contributed by atoms with Crippen molar-refractivity contribution in [1.82, 2.24) is 10.3 Å². The van der Waals surface area contributed by atoms with Crippen LogP contribution in [0.5, 0.6) is 5.75 Å². The zero-order valence-corrected chi connectivity index (χ0v) is 17.5. The third kappa shape index (κ3) is 3.81. The number of pyridine rings is 1. The molecule has 1 aromatic heterocycles. The second-order valence-corrected chi connectivity index (χ2v) is 7.93. The molecule has 4 rings (SSSR count). The number of nitrogens with one attached hydrogen (secondary N) is 2. The van der Waals surface area contributed by atoms with Gasteiger partial charge < -0.3 is 20.5 Å². The van der Waals surface area contributed by atoms with Gasteiger partial charge in [-0.3, -0.25) is 4.98 Å². The molecule has 164 valence electrons. The summed E-state index contributed by atoms with van der Waals surface area (Å²) in [4.78, 5) is 4.56. The topological polar surface area (TPSA) is 66.4 Å². The molecule has 8 heteroatoms. The molecule has 1 saturated heterocycles. The average molecular weight is 431 g/mol. The minimum Gasteiger partial charge on any atom is -0.496 e. The maximum Gasteiger partial charge on any atom is 0.266 e. The van der Waals surface area contributed by atoms with Crippen LogP contribution in [0.15, 0.2) is 36.4 Å². The Morgan fingerprint density at radius 2 is 1.90 bits per heavy atom. The van der Waals surface area contributed by atoms with E-state index in [9.17, 15) is 18.3 Å². The van der Waals surface area contributed by atoms with Crippen LogP contribution in [0.25, 0.3) is 10.9 Å². The molecule has 1 aliphatic rings. The first-order valence-corrected chi connectivity index (χ1v) is 9.99. The highest BCUT2D eigenvalue weighted by atomic mass is 19.3. The summed E-state index contributed by atoms with van der Waals surface area (Å²) in [7, 11) is 1.54. The first-order chi connectivity index (χ1) is 14.7. The molecular weight excluding hydrogens is 407 g/mol. The molecule has 0 bridgehead atoms. The van der Waals surface area contributed by atoms with Crippen molar-refractivity contribution < 1.29 is 23.0 Å². The number of anilines is 1. The number of β-amino-alcohol motifs (C(OH)–C–C–N with tert-alkyl or cyclic N) is 1. The summed E-state index contributed by atoms with van der Waals surface area (Å²) < 4.78 is 46.4. The largest absolute Gasteiger partial charge is 0.496 e. The minimum atomic E-state index is -2.89. The molecule has 2 aromatic carbocycles. The van der Waals surface area contributed by atoms with Crippen molar-refractivity contribution in [2.45, 2.75) is 31.9 Å². The van der Waals surface area contributed by atoms with Gasteiger partial charge in [-0.2, -0.15) is 0 Å². The third-order valence-electron chi connectivity index (χ3n) is 5.73. The molecule has 0 amide bonds. The SMILES string of the molecule is COc1cc2nc(C)cc(N[C@H](C)c3cccc(C(F)F)c3F)c2cc1C1(O)CNC1. The Bertz CT molecular complexity index is 1130. The van der Waals surface area contributed by atoms with Crippen LogP contribution in [0.1, 0.15) is 41.8 Å². The maximum absolute atomic E-state index is 14.7. The van der Waals surface area contributed by atoms with E-state index < -0.39 is 29.4 Å². The Kier molecular flexibility index (Phi) is 5.53. The van der Waals surface area contributed by atoms with Crippen LogP contribution in [0.4, 0.5) is 18.9 Å². The number of methoxy groups -OCH3 is 1. The molecular formula is C23H24F3N3O2. The number of aryl methyl sites for hydroxylation is 1. The van der Waals surface area contributed by atoms with Crippen LogP contribution in [0, 0.1) is 12.7 Å². The van der Waals surface area contributed by atoms with Crippen molar-refractivity contribution in [3.63, 3.8) is 0 Å². The lowest BCUT2D eigenvalue weighted by atomic mass is 9.86. The Morgan fingerprint density at radius 3 is 2.52 bits per heavy atom. The van der Waals surface area contributed by atoms with Gasteiger partial charge in [0.25, 0.3) is 6.43 Å². The van der Waals surface area contributed by atoms with Gasteiger partial charge >= 0.3 is 0 Å². The Balaban J connectivity index is 1.79. The maximum atomic E-state index is 14.7. The molecule has 0 unspecified atom stereocenters. The Hall–Kier alpha value is -2.84. The number of hydrogen-bond acceptors (Lipinski definition) is 5. The van der Waals surface area contributed by atoms with E-state index in [1.54, 1.807) is 13.0 Å². The predicted molar refractivity (Wildman–Crippen MR) is 113 cm³/mol. The van der Waals surface area contributed by atoms with Crippen molar-refractivity contribution in [2.75, 3.05) is 25.5 Å². The molecule has 1 atom stereocenters. The first-order valence-electron chi connectivity index (χ1n) is 9.99. The second kappa shape index (κ2) is 8.01.